The monoisotopic (exact) mass is 450 g/mol. The standard InChI is InChI=1S/C15H13Cl3N4O4S/c1-2-7-27-15-11(22(25)26)6-4-9(13(15)17)20-19-8-3-5-10(21(23)24)14(18)12(8)16/h3-6,19-20H,2,7H2,1H3. The van der Waals surface area contributed by atoms with Crippen molar-refractivity contribution in [2.45, 2.75) is 18.2 Å². The second kappa shape index (κ2) is 9.32. The van der Waals surface area contributed by atoms with Gasteiger partial charge in [-0.15, -0.1) is 11.8 Å². The molecule has 0 fully saturated rings. The summed E-state index contributed by atoms with van der Waals surface area (Å²) in [5.41, 5.74) is 5.81. The third-order valence-electron chi connectivity index (χ3n) is 3.31. The summed E-state index contributed by atoms with van der Waals surface area (Å²) in [6.07, 6.45) is 0.824. The molecule has 2 rings (SSSR count). The Kier molecular flexibility index (Phi) is 7.37. The van der Waals surface area contributed by atoms with E-state index in [9.17, 15) is 20.2 Å². The van der Waals surface area contributed by atoms with Crippen molar-refractivity contribution < 1.29 is 9.85 Å². The van der Waals surface area contributed by atoms with E-state index >= 15 is 0 Å². The van der Waals surface area contributed by atoms with Crippen molar-refractivity contribution >= 4 is 69.3 Å². The number of thioether (sulfide) groups is 1. The summed E-state index contributed by atoms with van der Waals surface area (Å²) in [5.74, 6) is 0.668. The van der Waals surface area contributed by atoms with Crippen LogP contribution in [0.4, 0.5) is 22.7 Å². The van der Waals surface area contributed by atoms with Gasteiger partial charge in [-0.25, -0.2) is 0 Å². The molecule has 0 aliphatic rings. The molecule has 2 N–H and O–H groups in total. The molecular formula is C15H13Cl3N4O4S. The molecule has 0 aliphatic heterocycles. The van der Waals surface area contributed by atoms with E-state index in [1.807, 2.05) is 6.92 Å². The summed E-state index contributed by atoms with van der Waals surface area (Å²) in [6.45, 7) is 1.96. The highest BCUT2D eigenvalue weighted by Crippen LogP contribution is 2.41. The molecule has 0 heterocycles. The van der Waals surface area contributed by atoms with Gasteiger partial charge in [0.1, 0.15) is 9.92 Å². The molecule has 0 bridgehead atoms. The number of nitro groups is 2. The van der Waals surface area contributed by atoms with Gasteiger partial charge in [-0.2, -0.15) is 0 Å². The third kappa shape index (κ3) is 4.86. The Balaban J connectivity index is 2.29. The lowest BCUT2D eigenvalue weighted by atomic mass is 10.2. The highest BCUT2D eigenvalue weighted by molar-refractivity contribution is 7.99. The number of nitrogens with one attached hydrogen (secondary N) is 2. The van der Waals surface area contributed by atoms with E-state index in [1.165, 1.54) is 36.0 Å². The smallest absolute Gasteiger partial charge is 0.289 e. The van der Waals surface area contributed by atoms with E-state index in [2.05, 4.69) is 10.9 Å². The van der Waals surface area contributed by atoms with Crippen molar-refractivity contribution in [1.29, 1.82) is 0 Å². The number of hydrogen-bond donors (Lipinski definition) is 2. The van der Waals surface area contributed by atoms with E-state index in [4.69, 9.17) is 34.8 Å². The van der Waals surface area contributed by atoms with Crippen LogP contribution in [0.5, 0.6) is 0 Å². The first-order valence-corrected chi connectivity index (χ1v) is 9.64. The minimum atomic E-state index is -0.643. The molecular weight excluding hydrogens is 439 g/mol. The zero-order chi connectivity index (χ0) is 20.1. The van der Waals surface area contributed by atoms with Crippen LogP contribution < -0.4 is 10.9 Å². The van der Waals surface area contributed by atoms with Crippen LogP contribution in [0.1, 0.15) is 13.3 Å². The predicted octanol–water partition coefficient (Wildman–Crippen LogP) is 6.40. The SMILES string of the molecule is CCCSc1c([N+](=O)[O-])ccc(NNc2ccc([N+](=O)[O-])c(Cl)c2Cl)c1Cl. The molecule has 8 nitrogen and oxygen atoms in total. The van der Waals surface area contributed by atoms with Crippen LogP contribution in [0.25, 0.3) is 0 Å². The second-order valence-electron chi connectivity index (χ2n) is 5.15. The van der Waals surface area contributed by atoms with Crippen LogP contribution in [0.15, 0.2) is 29.2 Å². The lowest BCUT2D eigenvalue weighted by Crippen LogP contribution is -2.10. The van der Waals surface area contributed by atoms with Crippen LogP contribution in [-0.4, -0.2) is 15.6 Å². The number of rotatable bonds is 8. The molecule has 0 atom stereocenters. The Morgan fingerprint density at radius 3 is 1.93 bits per heavy atom. The van der Waals surface area contributed by atoms with E-state index in [0.717, 1.165) is 6.42 Å². The van der Waals surface area contributed by atoms with Gasteiger partial charge in [0.15, 0.2) is 0 Å². The van der Waals surface area contributed by atoms with Crippen molar-refractivity contribution in [3.8, 4) is 0 Å². The quantitative estimate of drug-likeness (QED) is 0.271. The van der Waals surface area contributed by atoms with Crippen molar-refractivity contribution in [3.63, 3.8) is 0 Å². The molecule has 2 aromatic rings. The Morgan fingerprint density at radius 2 is 1.41 bits per heavy atom. The summed E-state index contributed by atoms with van der Waals surface area (Å²) in [7, 11) is 0. The van der Waals surface area contributed by atoms with Gasteiger partial charge in [0.05, 0.1) is 31.3 Å². The van der Waals surface area contributed by atoms with E-state index in [-0.39, 0.29) is 32.1 Å². The van der Waals surface area contributed by atoms with Crippen LogP contribution in [0, 0.1) is 20.2 Å². The summed E-state index contributed by atoms with van der Waals surface area (Å²) in [6, 6.07) is 5.38. The average Bonchev–Trinajstić information content (AvgIpc) is 2.62. The number of hydrazine groups is 1. The Labute approximate surface area is 173 Å². The molecule has 2 aromatic carbocycles. The van der Waals surface area contributed by atoms with Gasteiger partial charge in [0, 0.05) is 12.1 Å². The van der Waals surface area contributed by atoms with Crippen LogP contribution >= 0.6 is 46.6 Å². The molecule has 0 aliphatic carbocycles. The molecule has 0 unspecified atom stereocenters. The first kappa shape index (κ1) is 21.4. The number of anilines is 2. The molecule has 27 heavy (non-hydrogen) atoms. The minimum absolute atomic E-state index is 0.0445. The fourth-order valence-corrected chi connectivity index (χ4v) is 3.79. The third-order valence-corrected chi connectivity index (χ3v) is 6.00. The lowest BCUT2D eigenvalue weighted by molar-refractivity contribution is -0.387. The minimum Gasteiger partial charge on any atom is -0.299 e. The zero-order valence-corrected chi connectivity index (χ0v) is 16.9. The zero-order valence-electron chi connectivity index (χ0n) is 13.8. The summed E-state index contributed by atoms with van der Waals surface area (Å²) < 4.78 is 0. The predicted molar refractivity (Wildman–Crippen MR) is 109 cm³/mol. The highest BCUT2D eigenvalue weighted by atomic mass is 35.5. The Bertz CT molecular complexity index is 898. The molecule has 12 heteroatoms. The van der Waals surface area contributed by atoms with Gasteiger partial charge < -0.3 is 0 Å². The van der Waals surface area contributed by atoms with Crippen molar-refractivity contribution in [1.82, 2.24) is 0 Å². The molecule has 0 amide bonds. The Hall–Kier alpha value is -1.94. The number of benzene rings is 2. The van der Waals surface area contributed by atoms with E-state index < -0.39 is 9.85 Å². The average molecular weight is 452 g/mol. The molecule has 144 valence electrons. The second-order valence-corrected chi connectivity index (χ2v) is 7.39. The number of halogens is 3. The van der Waals surface area contributed by atoms with Crippen LogP contribution in [0.2, 0.25) is 15.1 Å². The summed E-state index contributed by atoms with van der Waals surface area (Å²) in [4.78, 5) is 21.3. The molecule has 0 saturated carbocycles. The van der Waals surface area contributed by atoms with Crippen molar-refractivity contribution in [2.24, 2.45) is 0 Å². The van der Waals surface area contributed by atoms with Crippen LogP contribution in [-0.2, 0) is 0 Å². The van der Waals surface area contributed by atoms with Crippen molar-refractivity contribution in [2.75, 3.05) is 16.6 Å². The van der Waals surface area contributed by atoms with Gasteiger partial charge in [-0.05, 0) is 24.3 Å². The topological polar surface area (TPSA) is 110 Å². The number of hydrogen-bond acceptors (Lipinski definition) is 7. The number of nitro benzene ring substituents is 2. The maximum atomic E-state index is 11.2. The number of nitrogens with zero attached hydrogens (tertiary/aromatic N) is 2. The fraction of sp³-hybridized carbons (Fsp3) is 0.200. The van der Waals surface area contributed by atoms with Gasteiger partial charge in [0.25, 0.3) is 11.4 Å². The van der Waals surface area contributed by atoms with Crippen LogP contribution in [0.3, 0.4) is 0 Å². The first-order chi connectivity index (χ1) is 12.8. The lowest BCUT2D eigenvalue weighted by Gasteiger charge is -2.15. The normalized spacial score (nSPS) is 10.5. The van der Waals surface area contributed by atoms with Gasteiger partial charge >= 0.3 is 0 Å². The Morgan fingerprint density at radius 1 is 0.889 bits per heavy atom. The highest BCUT2D eigenvalue weighted by Gasteiger charge is 2.21. The maximum absolute atomic E-state index is 11.2. The van der Waals surface area contributed by atoms with E-state index in [0.29, 0.717) is 16.3 Å². The molecule has 0 saturated heterocycles. The fourth-order valence-electron chi connectivity index (χ4n) is 2.04. The molecule has 0 aromatic heterocycles. The van der Waals surface area contributed by atoms with Gasteiger partial charge in [0.2, 0.25) is 0 Å². The van der Waals surface area contributed by atoms with E-state index in [1.54, 1.807) is 0 Å². The summed E-state index contributed by atoms with van der Waals surface area (Å²) in [5, 5.41) is 22.0. The summed E-state index contributed by atoms with van der Waals surface area (Å²) >= 11 is 19.6. The maximum Gasteiger partial charge on any atom is 0.289 e. The molecule has 0 radical (unpaired) electrons. The largest absolute Gasteiger partial charge is 0.299 e. The van der Waals surface area contributed by atoms with Gasteiger partial charge in [-0.1, -0.05) is 41.7 Å². The first-order valence-electron chi connectivity index (χ1n) is 7.52. The van der Waals surface area contributed by atoms with Crippen molar-refractivity contribution in [3.05, 3.63) is 59.6 Å². The van der Waals surface area contributed by atoms with Gasteiger partial charge in [-0.3, -0.25) is 31.1 Å². The molecule has 0 spiro atoms.